The molecule has 1 aliphatic heterocycles. The van der Waals surface area contributed by atoms with Gasteiger partial charge in [-0.25, -0.2) is 8.42 Å². The van der Waals surface area contributed by atoms with Gasteiger partial charge in [0.25, 0.3) is 0 Å². The maximum absolute atomic E-state index is 13.0. The van der Waals surface area contributed by atoms with E-state index in [1.807, 2.05) is 24.3 Å². The Labute approximate surface area is 179 Å². The van der Waals surface area contributed by atoms with E-state index in [1.54, 1.807) is 0 Å². The number of anilines is 2. The van der Waals surface area contributed by atoms with Crippen LogP contribution in [-0.4, -0.2) is 40.2 Å². The van der Waals surface area contributed by atoms with Crippen LogP contribution in [-0.2, 0) is 27.5 Å². The van der Waals surface area contributed by atoms with Crippen LogP contribution in [0.3, 0.4) is 0 Å². The van der Waals surface area contributed by atoms with Crippen LogP contribution in [0, 0.1) is 0 Å². The maximum Gasteiger partial charge on any atom is 0.416 e. The lowest BCUT2D eigenvalue weighted by atomic mass is 10.2. The highest BCUT2D eigenvalue weighted by Gasteiger charge is 2.32. The Morgan fingerprint density at radius 2 is 1.74 bits per heavy atom. The van der Waals surface area contributed by atoms with Gasteiger partial charge in [-0.3, -0.25) is 9.10 Å². The number of nitrogens with one attached hydrogen (secondary N) is 1. The average molecular weight is 456 g/mol. The summed E-state index contributed by atoms with van der Waals surface area (Å²) in [6.45, 7) is 1.60. The van der Waals surface area contributed by atoms with E-state index >= 15 is 0 Å². The summed E-state index contributed by atoms with van der Waals surface area (Å²) in [5.74, 6) is -0.619. The minimum Gasteiger partial charge on any atom is -0.372 e. The van der Waals surface area contributed by atoms with E-state index in [-0.39, 0.29) is 12.2 Å². The van der Waals surface area contributed by atoms with Crippen LogP contribution >= 0.6 is 0 Å². The fourth-order valence-electron chi connectivity index (χ4n) is 3.42. The summed E-state index contributed by atoms with van der Waals surface area (Å²) < 4.78 is 63.8. The molecule has 2 aromatic carbocycles. The van der Waals surface area contributed by atoms with Crippen molar-refractivity contribution in [1.29, 1.82) is 0 Å². The Kier molecular flexibility index (Phi) is 6.78. The van der Waals surface area contributed by atoms with Gasteiger partial charge in [-0.15, -0.1) is 0 Å². The van der Waals surface area contributed by atoms with Crippen molar-refractivity contribution in [3.05, 3.63) is 59.7 Å². The molecule has 6 nitrogen and oxygen atoms in total. The van der Waals surface area contributed by atoms with Gasteiger partial charge < -0.3 is 10.2 Å². The van der Waals surface area contributed by atoms with E-state index in [2.05, 4.69) is 10.2 Å². The lowest BCUT2D eigenvalue weighted by Gasteiger charge is -2.23. The fourth-order valence-corrected chi connectivity index (χ4v) is 4.27. The van der Waals surface area contributed by atoms with Crippen LogP contribution in [0.4, 0.5) is 24.5 Å². The first-order chi connectivity index (χ1) is 14.5. The molecule has 1 N–H and O–H groups in total. The largest absolute Gasteiger partial charge is 0.416 e. The predicted molar refractivity (Wildman–Crippen MR) is 113 cm³/mol. The Balaban J connectivity index is 1.65. The molecule has 1 aliphatic rings. The number of alkyl halides is 3. The van der Waals surface area contributed by atoms with Crippen LogP contribution in [0.2, 0.25) is 0 Å². The van der Waals surface area contributed by atoms with E-state index in [9.17, 15) is 26.4 Å². The summed E-state index contributed by atoms with van der Waals surface area (Å²) in [5, 5.41) is 2.62. The molecular formula is C21H24F3N3O3S. The monoisotopic (exact) mass is 455 g/mol. The van der Waals surface area contributed by atoms with E-state index in [0.717, 1.165) is 42.7 Å². The lowest BCUT2D eigenvalue weighted by Crippen LogP contribution is -2.40. The second-order valence-electron chi connectivity index (χ2n) is 7.46. The van der Waals surface area contributed by atoms with Crippen molar-refractivity contribution in [2.45, 2.75) is 25.6 Å². The van der Waals surface area contributed by atoms with Gasteiger partial charge in [-0.2, -0.15) is 13.2 Å². The molecule has 1 amide bonds. The predicted octanol–water partition coefficient (Wildman–Crippen LogP) is 3.39. The SMILES string of the molecule is CS(=O)(=O)N(CC(=O)NCc1ccc(N2CCCC2)cc1)c1cccc(C(F)(F)F)c1. The molecule has 168 valence electrons. The Hall–Kier alpha value is -2.75. The summed E-state index contributed by atoms with van der Waals surface area (Å²) in [7, 11) is -3.97. The quantitative estimate of drug-likeness (QED) is 0.695. The molecule has 0 radical (unpaired) electrons. The summed E-state index contributed by atoms with van der Waals surface area (Å²) >= 11 is 0. The lowest BCUT2D eigenvalue weighted by molar-refractivity contribution is -0.137. The minimum absolute atomic E-state index is 0.180. The number of carbonyl (C=O) groups excluding carboxylic acids is 1. The van der Waals surface area contributed by atoms with Gasteiger partial charge in [-0.1, -0.05) is 18.2 Å². The van der Waals surface area contributed by atoms with E-state index in [0.29, 0.717) is 10.4 Å². The number of hydrogen-bond acceptors (Lipinski definition) is 4. The highest BCUT2D eigenvalue weighted by Crippen LogP contribution is 2.32. The zero-order valence-electron chi connectivity index (χ0n) is 17.0. The van der Waals surface area contributed by atoms with Crippen molar-refractivity contribution in [1.82, 2.24) is 5.32 Å². The molecule has 0 bridgehead atoms. The second kappa shape index (κ2) is 9.17. The molecule has 1 saturated heterocycles. The highest BCUT2D eigenvalue weighted by atomic mass is 32.2. The molecular weight excluding hydrogens is 431 g/mol. The van der Waals surface area contributed by atoms with Crippen LogP contribution in [0.15, 0.2) is 48.5 Å². The van der Waals surface area contributed by atoms with Gasteiger partial charge in [0.2, 0.25) is 15.9 Å². The normalized spacial score (nSPS) is 14.5. The van der Waals surface area contributed by atoms with Gasteiger partial charge in [0.15, 0.2) is 0 Å². The summed E-state index contributed by atoms with van der Waals surface area (Å²) in [5.41, 5.74) is 0.737. The van der Waals surface area contributed by atoms with Crippen molar-refractivity contribution in [2.75, 3.05) is 35.1 Å². The van der Waals surface area contributed by atoms with Gasteiger partial charge in [-0.05, 0) is 48.7 Å². The molecule has 3 rings (SSSR count). The van der Waals surface area contributed by atoms with E-state index < -0.39 is 34.2 Å². The molecule has 1 heterocycles. The Morgan fingerprint density at radius 3 is 2.32 bits per heavy atom. The van der Waals surface area contributed by atoms with E-state index in [4.69, 9.17) is 0 Å². The second-order valence-corrected chi connectivity index (χ2v) is 9.36. The number of benzene rings is 2. The zero-order chi connectivity index (χ0) is 22.6. The molecule has 0 aliphatic carbocycles. The number of carbonyl (C=O) groups is 1. The van der Waals surface area contributed by atoms with Crippen molar-refractivity contribution in [3.8, 4) is 0 Å². The van der Waals surface area contributed by atoms with Crippen LogP contribution in [0.25, 0.3) is 0 Å². The average Bonchev–Trinajstić information content (AvgIpc) is 3.24. The third-order valence-electron chi connectivity index (χ3n) is 5.05. The first-order valence-corrected chi connectivity index (χ1v) is 11.6. The molecule has 10 heteroatoms. The number of rotatable bonds is 7. The van der Waals surface area contributed by atoms with Gasteiger partial charge >= 0.3 is 6.18 Å². The number of amides is 1. The van der Waals surface area contributed by atoms with E-state index in [1.165, 1.54) is 18.9 Å². The standard InChI is InChI=1S/C21H24F3N3O3S/c1-31(29,30)27(19-6-4-5-17(13-19)21(22,23)24)15-20(28)25-14-16-7-9-18(10-8-16)26-11-2-3-12-26/h4-10,13H,2-3,11-12,14-15H2,1H3,(H,25,28). The summed E-state index contributed by atoms with van der Waals surface area (Å²) in [6.07, 6.45) is -1.44. The number of halogens is 3. The molecule has 31 heavy (non-hydrogen) atoms. The highest BCUT2D eigenvalue weighted by molar-refractivity contribution is 7.92. The van der Waals surface area contributed by atoms with Crippen molar-refractivity contribution < 1.29 is 26.4 Å². The number of nitrogens with zero attached hydrogens (tertiary/aromatic N) is 2. The number of sulfonamides is 1. The maximum atomic E-state index is 13.0. The summed E-state index contributed by atoms with van der Waals surface area (Å²) in [6, 6.07) is 11.6. The van der Waals surface area contributed by atoms with Crippen molar-refractivity contribution in [3.63, 3.8) is 0 Å². The minimum atomic E-state index is -4.62. The fraction of sp³-hybridized carbons (Fsp3) is 0.381. The molecule has 0 spiro atoms. The van der Waals surface area contributed by atoms with Gasteiger partial charge in [0.05, 0.1) is 17.5 Å². The van der Waals surface area contributed by atoms with Gasteiger partial charge in [0.1, 0.15) is 6.54 Å². The first kappa shape index (κ1) is 22.9. The van der Waals surface area contributed by atoms with Crippen LogP contribution in [0.5, 0.6) is 0 Å². The number of hydrogen-bond donors (Lipinski definition) is 1. The zero-order valence-corrected chi connectivity index (χ0v) is 17.8. The first-order valence-electron chi connectivity index (χ1n) is 9.79. The van der Waals surface area contributed by atoms with Gasteiger partial charge in [0, 0.05) is 25.3 Å². The molecule has 0 saturated carbocycles. The Bertz CT molecular complexity index is 1020. The van der Waals surface area contributed by atoms with Crippen LogP contribution in [0.1, 0.15) is 24.0 Å². The molecule has 0 aromatic heterocycles. The molecule has 0 unspecified atom stereocenters. The smallest absolute Gasteiger partial charge is 0.372 e. The molecule has 0 atom stereocenters. The third kappa shape index (κ3) is 6.13. The van der Waals surface area contributed by atoms with Crippen LogP contribution < -0.4 is 14.5 Å². The third-order valence-corrected chi connectivity index (χ3v) is 6.19. The molecule has 2 aromatic rings. The van der Waals surface area contributed by atoms with Crippen molar-refractivity contribution >= 4 is 27.3 Å². The molecule has 1 fully saturated rings. The van der Waals surface area contributed by atoms with Crippen molar-refractivity contribution in [2.24, 2.45) is 0 Å². The summed E-state index contributed by atoms with van der Waals surface area (Å²) in [4.78, 5) is 14.6. The Morgan fingerprint density at radius 1 is 1.10 bits per heavy atom. The topological polar surface area (TPSA) is 69.7 Å².